The van der Waals surface area contributed by atoms with Gasteiger partial charge in [-0.2, -0.15) is 0 Å². The van der Waals surface area contributed by atoms with Crippen LogP contribution in [0.4, 0.5) is 0 Å². The van der Waals surface area contributed by atoms with E-state index in [9.17, 15) is 0 Å². The lowest BCUT2D eigenvalue weighted by Gasteiger charge is -2.07. The summed E-state index contributed by atoms with van der Waals surface area (Å²) in [5.41, 5.74) is 0.457. The van der Waals surface area contributed by atoms with Gasteiger partial charge in [0.05, 0.1) is 6.61 Å². The number of hydrogen-bond acceptors (Lipinski definition) is 4. The van der Waals surface area contributed by atoms with Crippen molar-refractivity contribution < 1.29 is 19.5 Å². The SMILES string of the molecule is CCCCCOCCOc1ccc(B(O)O)cc1. The summed E-state index contributed by atoms with van der Waals surface area (Å²) in [5.74, 6) is 0.705. The van der Waals surface area contributed by atoms with Crippen LogP contribution in [0.2, 0.25) is 0 Å². The number of benzene rings is 1. The lowest BCUT2D eigenvalue weighted by atomic mass is 9.80. The molecule has 0 atom stereocenters. The fourth-order valence-corrected chi connectivity index (χ4v) is 1.51. The van der Waals surface area contributed by atoms with Crippen molar-refractivity contribution in [2.75, 3.05) is 19.8 Å². The molecule has 1 aromatic carbocycles. The van der Waals surface area contributed by atoms with Gasteiger partial charge in [-0.1, -0.05) is 31.9 Å². The van der Waals surface area contributed by atoms with Gasteiger partial charge in [-0.25, -0.2) is 0 Å². The zero-order valence-electron chi connectivity index (χ0n) is 10.8. The molecule has 4 nitrogen and oxygen atoms in total. The summed E-state index contributed by atoms with van der Waals surface area (Å²) in [6.45, 7) is 4.03. The Morgan fingerprint density at radius 1 is 1.00 bits per heavy atom. The van der Waals surface area contributed by atoms with Gasteiger partial charge in [0.1, 0.15) is 12.4 Å². The van der Waals surface area contributed by atoms with Crippen molar-refractivity contribution in [3.8, 4) is 5.75 Å². The maximum Gasteiger partial charge on any atom is 0.488 e. The zero-order valence-corrected chi connectivity index (χ0v) is 10.8. The van der Waals surface area contributed by atoms with Crippen molar-refractivity contribution >= 4 is 12.6 Å². The summed E-state index contributed by atoms with van der Waals surface area (Å²) in [6.07, 6.45) is 3.49. The molecule has 1 rings (SSSR count). The number of rotatable bonds is 9. The Morgan fingerprint density at radius 3 is 2.33 bits per heavy atom. The Morgan fingerprint density at radius 2 is 1.72 bits per heavy atom. The van der Waals surface area contributed by atoms with Crippen molar-refractivity contribution in [1.29, 1.82) is 0 Å². The summed E-state index contributed by atoms with van der Waals surface area (Å²) in [7, 11) is -1.43. The van der Waals surface area contributed by atoms with Gasteiger partial charge in [0.25, 0.3) is 0 Å². The molecule has 2 N–H and O–H groups in total. The van der Waals surface area contributed by atoms with Gasteiger partial charge in [-0.15, -0.1) is 0 Å². The topological polar surface area (TPSA) is 58.9 Å². The van der Waals surface area contributed by atoms with Crippen LogP contribution in [0.25, 0.3) is 0 Å². The standard InChI is InChI=1S/C13H21BO4/c1-2-3-4-9-17-10-11-18-13-7-5-12(6-8-13)14(15)16/h5-8,15-16H,2-4,9-11H2,1H3. The second kappa shape index (κ2) is 8.97. The highest BCUT2D eigenvalue weighted by Crippen LogP contribution is 2.07. The van der Waals surface area contributed by atoms with E-state index >= 15 is 0 Å². The molecule has 0 spiro atoms. The van der Waals surface area contributed by atoms with E-state index in [0.29, 0.717) is 24.4 Å². The summed E-state index contributed by atoms with van der Waals surface area (Å²) >= 11 is 0. The molecule has 100 valence electrons. The molecule has 0 amide bonds. The molecule has 0 aliphatic carbocycles. The summed E-state index contributed by atoms with van der Waals surface area (Å²) in [4.78, 5) is 0. The van der Waals surface area contributed by atoms with Gasteiger partial charge < -0.3 is 19.5 Å². The van der Waals surface area contributed by atoms with Crippen LogP contribution in [-0.4, -0.2) is 37.0 Å². The highest BCUT2D eigenvalue weighted by molar-refractivity contribution is 6.58. The van der Waals surface area contributed by atoms with Gasteiger partial charge in [-0.3, -0.25) is 0 Å². The van der Waals surface area contributed by atoms with Crippen LogP contribution in [0, 0.1) is 0 Å². The molecule has 0 saturated carbocycles. The lowest BCUT2D eigenvalue weighted by Crippen LogP contribution is -2.29. The maximum absolute atomic E-state index is 8.93. The third-order valence-corrected chi connectivity index (χ3v) is 2.57. The molecule has 0 aliphatic rings. The molecule has 0 saturated heterocycles. The molecule has 0 aromatic heterocycles. The molecule has 0 bridgehead atoms. The van der Waals surface area contributed by atoms with E-state index in [1.165, 1.54) is 12.8 Å². The first-order valence-electron chi connectivity index (χ1n) is 6.40. The van der Waals surface area contributed by atoms with E-state index in [0.717, 1.165) is 13.0 Å². The van der Waals surface area contributed by atoms with E-state index in [1.807, 2.05) is 0 Å². The molecule has 1 aromatic rings. The predicted molar refractivity (Wildman–Crippen MR) is 72.1 cm³/mol. The van der Waals surface area contributed by atoms with Crippen molar-refractivity contribution in [3.63, 3.8) is 0 Å². The van der Waals surface area contributed by atoms with Crippen molar-refractivity contribution in [2.24, 2.45) is 0 Å². The minimum absolute atomic E-state index is 0.457. The number of unbranched alkanes of at least 4 members (excludes halogenated alkanes) is 2. The van der Waals surface area contributed by atoms with Crippen LogP contribution >= 0.6 is 0 Å². The molecule has 5 heteroatoms. The van der Waals surface area contributed by atoms with Gasteiger partial charge in [0.2, 0.25) is 0 Å². The number of ether oxygens (including phenoxy) is 2. The normalized spacial score (nSPS) is 10.4. The average molecular weight is 252 g/mol. The minimum atomic E-state index is -1.43. The van der Waals surface area contributed by atoms with E-state index < -0.39 is 7.12 Å². The first-order chi connectivity index (χ1) is 8.74. The van der Waals surface area contributed by atoms with Crippen LogP contribution in [0.1, 0.15) is 26.2 Å². The highest BCUT2D eigenvalue weighted by Gasteiger charge is 2.09. The van der Waals surface area contributed by atoms with E-state index in [2.05, 4.69) is 6.92 Å². The van der Waals surface area contributed by atoms with E-state index in [4.69, 9.17) is 19.5 Å². The predicted octanol–water partition coefficient (Wildman–Crippen LogP) is 0.952. The molecule has 0 radical (unpaired) electrons. The molecule has 0 unspecified atom stereocenters. The molecular formula is C13H21BO4. The average Bonchev–Trinajstić information content (AvgIpc) is 2.38. The Hall–Kier alpha value is -1.04. The van der Waals surface area contributed by atoms with Crippen LogP contribution in [0.15, 0.2) is 24.3 Å². The van der Waals surface area contributed by atoms with Gasteiger partial charge in [-0.05, 0) is 24.0 Å². The minimum Gasteiger partial charge on any atom is -0.491 e. The van der Waals surface area contributed by atoms with Crippen LogP contribution in [0.5, 0.6) is 5.75 Å². The van der Waals surface area contributed by atoms with Gasteiger partial charge in [0.15, 0.2) is 0 Å². The van der Waals surface area contributed by atoms with Gasteiger partial charge in [0, 0.05) is 6.61 Å². The zero-order chi connectivity index (χ0) is 13.2. The van der Waals surface area contributed by atoms with Crippen molar-refractivity contribution in [1.82, 2.24) is 0 Å². The maximum atomic E-state index is 8.93. The first-order valence-corrected chi connectivity index (χ1v) is 6.40. The fraction of sp³-hybridized carbons (Fsp3) is 0.538. The second-order valence-corrected chi connectivity index (χ2v) is 4.11. The second-order valence-electron chi connectivity index (χ2n) is 4.11. The first kappa shape index (κ1) is 15.0. The largest absolute Gasteiger partial charge is 0.491 e. The third kappa shape index (κ3) is 6.05. The van der Waals surface area contributed by atoms with E-state index in [-0.39, 0.29) is 0 Å². The molecule has 18 heavy (non-hydrogen) atoms. The number of hydrogen-bond donors (Lipinski definition) is 2. The fourth-order valence-electron chi connectivity index (χ4n) is 1.51. The Labute approximate surface area is 109 Å². The lowest BCUT2D eigenvalue weighted by molar-refractivity contribution is 0.0973. The summed E-state index contributed by atoms with van der Waals surface area (Å²) < 4.78 is 10.9. The van der Waals surface area contributed by atoms with Crippen molar-refractivity contribution in [3.05, 3.63) is 24.3 Å². The van der Waals surface area contributed by atoms with E-state index in [1.54, 1.807) is 24.3 Å². The smallest absolute Gasteiger partial charge is 0.488 e. The molecule has 0 fully saturated rings. The van der Waals surface area contributed by atoms with Crippen molar-refractivity contribution in [2.45, 2.75) is 26.2 Å². The Balaban J connectivity index is 2.12. The highest BCUT2D eigenvalue weighted by atomic mass is 16.5. The monoisotopic (exact) mass is 252 g/mol. The van der Waals surface area contributed by atoms with Crippen LogP contribution in [-0.2, 0) is 4.74 Å². The third-order valence-electron chi connectivity index (χ3n) is 2.57. The quantitative estimate of drug-likeness (QED) is 0.507. The summed E-state index contributed by atoms with van der Waals surface area (Å²) in [6, 6.07) is 6.68. The van der Waals surface area contributed by atoms with Crippen LogP contribution < -0.4 is 10.2 Å². The molecular weight excluding hydrogens is 231 g/mol. The Kier molecular flexibility index (Phi) is 7.49. The Bertz CT molecular complexity index is 313. The van der Waals surface area contributed by atoms with Crippen LogP contribution in [0.3, 0.4) is 0 Å². The summed E-state index contributed by atoms with van der Waals surface area (Å²) in [5, 5.41) is 17.9. The molecule has 0 heterocycles. The van der Waals surface area contributed by atoms with Gasteiger partial charge >= 0.3 is 7.12 Å². The molecule has 0 aliphatic heterocycles.